The first-order valence-corrected chi connectivity index (χ1v) is 6.27. The highest BCUT2D eigenvalue weighted by Crippen LogP contribution is 2.22. The third-order valence-corrected chi connectivity index (χ3v) is 3.53. The number of benzene rings is 1. The number of aromatic nitrogens is 2. The van der Waals surface area contributed by atoms with E-state index in [1.165, 1.54) is 9.58 Å². The second kappa shape index (κ2) is 4.48. The Kier molecular flexibility index (Phi) is 2.78. The van der Waals surface area contributed by atoms with Crippen molar-refractivity contribution in [3.05, 3.63) is 47.2 Å². The van der Waals surface area contributed by atoms with Crippen LogP contribution in [-0.4, -0.2) is 26.5 Å². The van der Waals surface area contributed by atoms with Crippen LogP contribution in [-0.2, 0) is 24.8 Å². The zero-order valence-corrected chi connectivity index (χ0v) is 11.0. The van der Waals surface area contributed by atoms with Crippen LogP contribution in [0.2, 0.25) is 0 Å². The molecule has 3 rings (SSSR count). The van der Waals surface area contributed by atoms with E-state index in [0.29, 0.717) is 16.9 Å². The van der Waals surface area contributed by atoms with E-state index < -0.39 is 0 Å². The topological polar surface area (TPSA) is 81.2 Å². The van der Waals surface area contributed by atoms with Crippen LogP contribution in [0, 0.1) is 0 Å². The van der Waals surface area contributed by atoms with Gasteiger partial charge in [0.05, 0.1) is 19.2 Å². The molecular weight excluding hydrogens is 256 g/mol. The molecule has 0 bridgehead atoms. The Balaban J connectivity index is 1.93. The smallest absolute Gasteiger partial charge is 0.261 e. The van der Waals surface area contributed by atoms with Gasteiger partial charge >= 0.3 is 0 Å². The molecule has 0 aliphatic carbocycles. The lowest BCUT2D eigenvalue weighted by molar-refractivity contribution is -0.128. The first-order chi connectivity index (χ1) is 9.58. The van der Waals surface area contributed by atoms with Crippen LogP contribution in [0.5, 0.6) is 0 Å². The van der Waals surface area contributed by atoms with Crippen LogP contribution in [0.1, 0.15) is 21.5 Å². The molecule has 2 amide bonds. The number of carbonyl (C=O) groups is 2. The first kappa shape index (κ1) is 12.4. The maximum absolute atomic E-state index is 12.4. The van der Waals surface area contributed by atoms with Gasteiger partial charge in [-0.25, -0.2) is 0 Å². The number of amides is 2. The molecule has 20 heavy (non-hydrogen) atoms. The zero-order valence-electron chi connectivity index (χ0n) is 11.0. The lowest BCUT2D eigenvalue weighted by Crippen LogP contribution is -2.41. The number of anilines is 1. The third kappa shape index (κ3) is 1.85. The number of hydrogen-bond acceptors (Lipinski definition) is 4. The molecule has 2 heterocycles. The van der Waals surface area contributed by atoms with Gasteiger partial charge in [0.25, 0.3) is 5.91 Å². The van der Waals surface area contributed by atoms with Gasteiger partial charge in [-0.1, -0.05) is 18.2 Å². The molecule has 0 radical (unpaired) electrons. The maximum Gasteiger partial charge on any atom is 0.261 e. The fraction of sp³-hybridized carbons (Fsp3) is 0.214. The molecule has 1 aromatic heterocycles. The predicted molar refractivity (Wildman–Crippen MR) is 72.6 cm³/mol. The van der Waals surface area contributed by atoms with Gasteiger partial charge in [-0.2, -0.15) is 5.10 Å². The summed E-state index contributed by atoms with van der Waals surface area (Å²) < 4.78 is 1.52. The lowest BCUT2D eigenvalue weighted by Gasteiger charge is -2.26. The molecule has 0 saturated carbocycles. The number of rotatable bonds is 2. The Morgan fingerprint density at radius 2 is 2.05 bits per heavy atom. The van der Waals surface area contributed by atoms with Crippen molar-refractivity contribution in [2.45, 2.75) is 13.0 Å². The van der Waals surface area contributed by atoms with Crippen molar-refractivity contribution in [3.63, 3.8) is 0 Å². The Morgan fingerprint density at radius 3 is 2.75 bits per heavy atom. The molecule has 1 aromatic carbocycles. The zero-order chi connectivity index (χ0) is 14.3. The van der Waals surface area contributed by atoms with Crippen molar-refractivity contribution in [1.29, 1.82) is 0 Å². The van der Waals surface area contributed by atoms with Crippen molar-refractivity contribution < 1.29 is 9.59 Å². The number of aryl methyl sites for hydroxylation is 1. The summed E-state index contributed by atoms with van der Waals surface area (Å²) in [5.41, 5.74) is 7.89. The minimum atomic E-state index is -0.278. The van der Waals surface area contributed by atoms with Crippen LogP contribution >= 0.6 is 0 Å². The molecule has 1 aliphatic rings. The highest BCUT2D eigenvalue weighted by Gasteiger charge is 2.31. The predicted octanol–water partition coefficient (Wildman–Crippen LogP) is 0.727. The lowest BCUT2D eigenvalue weighted by atomic mass is 9.98. The molecule has 0 fully saturated rings. The van der Waals surface area contributed by atoms with Crippen molar-refractivity contribution >= 4 is 17.6 Å². The van der Waals surface area contributed by atoms with E-state index in [1.54, 1.807) is 31.4 Å². The largest absolute Gasteiger partial charge is 0.384 e. The second-order valence-corrected chi connectivity index (χ2v) is 4.80. The fourth-order valence-corrected chi connectivity index (χ4v) is 2.34. The van der Waals surface area contributed by atoms with Crippen LogP contribution in [0.3, 0.4) is 0 Å². The summed E-state index contributed by atoms with van der Waals surface area (Å²) in [6.07, 6.45) is 1.82. The van der Waals surface area contributed by atoms with Gasteiger partial charge < -0.3 is 5.73 Å². The molecule has 0 atom stereocenters. The molecule has 102 valence electrons. The van der Waals surface area contributed by atoms with Gasteiger partial charge in [0, 0.05) is 18.2 Å². The van der Waals surface area contributed by atoms with E-state index in [4.69, 9.17) is 5.73 Å². The van der Waals surface area contributed by atoms with Crippen LogP contribution in [0.4, 0.5) is 5.82 Å². The van der Waals surface area contributed by atoms with Gasteiger partial charge in [-0.3, -0.25) is 19.2 Å². The summed E-state index contributed by atoms with van der Waals surface area (Å²) in [6.45, 7) is 0.158. The van der Waals surface area contributed by atoms with E-state index >= 15 is 0 Å². The molecule has 1 aliphatic heterocycles. The standard InChI is InChI=1S/C14H14N4O2/c1-17-13(15)10(7-16-17)8-18-12(19)6-9-4-2-3-5-11(9)14(18)20/h2-5,7H,6,8,15H2,1H3. The van der Waals surface area contributed by atoms with Crippen molar-refractivity contribution in [1.82, 2.24) is 14.7 Å². The minimum Gasteiger partial charge on any atom is -0.384 e. The SMILES string of the molecule is Cn1ncc(CN2C(=O)Cc3ccccc3C2=O)c1N. The van der Waals surface area contributed by atoms with E-state index in [-0.39, 0.29) is 24.8 Å². The highest BCUT2D eigenvalue weighted by molar-refractivity contribution is 6.09. The van der Waals surface area contributed by atoms with Gasteiger partial charge in [0.2, 0.25) is 5.91 Å². The third-order valence-electron chi connectivity index (χ3n) is 3.53. The monoisotopic (exact) mass is 270 g/mol. The molecule has 0 saturated heterocycles. The van der Waals surface area contributed by atoms with E-state index in [2.05, 4.69) is 5.10 Å². The van der Waals surface area contributed by atoms with Crippen LogP contribution in [0.15, 0.2) is 30.5 Å². The number of carbonyl (C=O) groups excluding carboxylic acids is 2. The van der Waals surface area contributed by atoms with Crippen molar-refractivity contribution in [3.8, 4) is 0 Å². The minimum absolute atomic E-state index is 0.158. The molecule has 0 spiro atoms. The average molecular weight is 270 g/mol. The quantitative estimate of drug-likeness (QED) is 0.816. The molecule has 6 heteroatoms. The van der Waals surface area contributed by atoms with E-state index in [1.807, 2.05) is 6.07 Å². The van der Waals surface area contributed by atoms with Gasteiger partial charge in [-0.05, 0) is 11.6 Å². The van der Waals surface area contributed by atoms with Crippen molar-refractivity contribution in [2.75, 3.05) is 5.73 Å². The summed E-state index contributed by atoms with van der Waals surface area (Å²) in [5.74, 6) is -0.0264. The summed E-state index contributed by atoms with van der Waals surface area (Å²) in [4.78, 5) is 25.7. The molecular formula is C14H14N4O2. The normalized spacial score (nSPS) is 14.6. The Labute approximate surface area is 115 Å². The summed E-state index contributed by atoms with van der Waals surface area (Å²) in [5, 5.41) is 4.02. The Bertz CT molecular complexity index is 705. The summed E-state index contributed by atoms with van der Waals surface area (Å²) in [7, 11) is 1.72. The first-order valence-electron chi connectivity index (χ1n) is 6.27. The number of imide groups is 1. The Morgan fingerprint density at radius 1 is 1.30 bits per heavy atom. The number of hydrogen-bond donors (Lipinski definition) is 1. The number of nitrogens with zero attached hydrogens (tertiary/aromatic N) is 3. The average Bonchev–Trinajstić information content (AvgIpc) is 2.75. The van der Waals surface area contributed by atoms with Crippen LogP contribution < -0.4 is 5.73 Å². The molecule has 2 N–H and O–H groups in total. The summed E-state index contributed by atoms with van der Waals surface area (Å²) >= 11 is 0. The molecule has 6 nitrogen and oxygen atoms in total. The van der Waals surface area contributed by atoms with E-state index in [9.17, 15) is 9.59 Å². The second-order valence-electron chi connectivity index (χ2n) is 4.80. The van der Waals surface area contributed by atoms with Gasteiger partial charge in [0.1, 0.15) is 5.82 Å². The van der Waals surface area contributed by atoms with Crippen LogP contribution in [0.25, 0.3) is 0 Å². The number of fused-ring (bicyclic) bond motifs is 1. The van der Waals surface area contributed by atoms with Gasteiger partial charge in [-0.15, -0.1) is 0 Å². The number of nitrogens with two attached hydrogens (primary N) is 1. The van der Waals surface area contributed by atoms with Gasteiger partial charge in [0.15, 0.2) is 0 Å². The maximum atomic E-state index is 12.4. The van der Waals surface area contributed by atoms with Crippen molar-refractivity contribution in [2.24, 2.45) is 7.05 Å². The molecule has 0 unspecified atom stereocenters. The fourth-order valence-electron chi connectivity index (χ4n) is 2.34. The Hall–Kier alpha value is -2.63. The highest BCUT2D eigenvalue weighted by atomic mass is 16.2. The van der Waals surface area contributed by atoms with E-state index in [0.717, 1.165) is 5.56 Å². The summed E-state index contributed by atoms with van der Waals surface area (Å²) in [6, 6.07) is 7.17. The molecule has 2 aromatic rings. The number of nitrogen functional groups attached to an aromatic ring is 1.